The molecule has 148 valence electrons. The normalized spacial score (nSPS) is 20.2. The molecule has 2 aliphatic rings. The van der Waals surface area contributed by atoms with Crippen LogP contribution in [0.2, 0.25) is 0 Å². The van der Waals surface area contributed by atoms with Crippen LogP contribution in [-0.2, 0) is 25.5 Å². The molecule has 0 saturated carbocycles. The van der Waals surface area contributed by atoms with E-state index in [-0.39, 0.29) is 20.0 Å². The van der Waals surface area contributed by atoms with Gasteiger partial charge >= 0.3 is 11.9 Å². The number of carbonyl (C=O) groups is 2. The molecule has 1 aromatic carbocycles. The second kappa shape index (κ2) is 8.04. The first-order valence-electron chi connectivity index (χ1n) is 9.18. The summed E-state index contributed by atoms with van der Waals surface area (Å²) in [5, 5.41) is 0. The van der Waals surface area contributed by atoms with Crippen molar-refractivity contribution in [3.63, 3.8) is 0 Å². The van der Waals surface area contributed by atoms with Gasteiger partial charge in [-0.15, -0.1) is 0 Å². The third kappa shape index (κ3) is 3.41. The number of hydrogen-bond acceptors (Lipinski definition) is 7. The maximum absolute atomic E-state index is 12.7. The number of hydrogen-bond donors (Lipinski definition) is 1. The van der Waals surface area contributed by atoms with Crippen LogP contribution in [-0.4, -0.2) is 52.6 Å². The highest BCUT2D eigenvalue weighted by Gasteiger charge is 2.48. The monoisotopic (exact) mass is 380 g/mol. The van der Waals surface area contributed by atoms with Crippen LogP contribution >= 0.6 is 0 Å². The van der Waals surface area contributed by atoms with Crippen molar-refractivity contribution in [3.05, 3.63) is 17.2 Å². The lowest BCUT2D eigenvalue weighted by Crippen LogP contribution is -3.11. The average molecular weight is 380 g/mol. The number of fused-ring (bicyclic) bond motifs is 2. The van der Waals surface area contributed by atoms with E-state index in [1.807, 2.05) is 13.1 Å². The highest BCUT2D eigenvalue weighted by Crippen LogP contribution is 2.48. The summed E-state index contributed by atoms with van der Waals surface area (Å²) in [5.74, 6) is -0.642. The Morgan fingerprint density at radius 2 is 1.89 bits per heavy atom. The molecule has 0 radical (unpaired) electrons. The van der Waals surface area contributed by atoms with Crippen molar-refractivity contribution >= 4 is 11.9 Å². The summed E-state index contributed by atoms with van der Waals surface area (Å²) in [6.45, 7) is 4.66. The van der Waals surface area contributed by atoms with Crippen LogP contribution in [0.3, 0.4) is 0 Å². The molecule has 27 heavy (non-hydrogen) atoms. The van der Waals surface area contributed by atoms with E-state index in [0.29, 0.717) is 17.2 Å². The van der Waals surface area contributed by atoms with E-state index in [4.69, 9.17) is 23.7 Å². The Morgan fingerprint density at radius 3 is 2.48 bits per heavy atom. The van der Waals surface area contributed by atoms with E-state index >= 15 is 0 Å². The Kier molecular flexibility index (Phi) is 5.74. The average Bonchev–Trinajstić information content (AvgIpc) is 3.10. The Morgan fingerprint density at radius 1 is 1.22 bits per heavy atom. The highest BCUT2D eigenvalue weighted by atomic mass is 16.7. The van der Waals surface area contributed by atoms with E-state index in [0.717, 1.165) is 29.0 Å². The van der Waals surface area contributed by atoms with Crippen molar-refractivity contribution in [1.82, 2.24) is 0 Å². The molecule has 0 bridgehead atoms. The van der Waals surface area contributed by atoms with E-state index in [1.54, 1.807) is 21.0 Å². The zero-order valence-corrected chi connectivity index (χ0v) is 16.1. The largest absolute Gasteiger partial charge is 0.492 e. The Balaban J connectivity index is 2.14. The van der Waals surface area contributed by atoms with E-state index in [2.05, 4.69) is 0 Å². The molecule has 1 N–H and O–H groups in total. The fraction of sp³-hybridized carbons (Fsp3) is 0.579. The standard InChI is InChI=1S/C19H25NO7/c1-5-24-18(21)14(19(22)25-6-2)15-13-11(7-8-20(15)3)9-12-16(17(13)23-4)27-10-26-12/h9,14-15H,5-8,10H2,1-4H3/p+1/t15-/m0/s1. The lowest BCUT2D eigenvalue weighted by Gasteiger charge is -2.35. The molecule has 1 aromatic rings. The highest BCUT2D eigenvalue weighted by molar-refractivity contribution is 5.96. The topological polar surface area (TPSA) is 84.7 Å². The van der Waals surface area contributed by atoms with Crippen LogP contribution in [0.5, 0.6) is 17.2 Å². The fourth-order valence-corrected chi connectivity index (χ4v) is 3.85. The van der Waals surface area contributed by atoms with Gasteiger partial charge in [0.2, 0.25) is 18.5 Å². The summed E-state index contributed by atoms with van der Waals surface area (Å²) >= 11 is 0. The molecule has 2 aliphatic heterocycles. The number of nitrogens with one attached hydrogen (secondary N) is 1. The minimum atomic E-state index is -1.08. The fourth-order valence-electron chi connectivity index (χ4n) is 3.85. The molecule has 1 unspecified atom stereocenters. The molecule has 8 nitrogen and oxygen atoms in total. The van der Waals surface area contributed by atoms with Crippen LogP contribution in [0.1, 0.15) is 31.0 Å². The predicted molar refractivity (Wildman–Crippen MR) is 94.1 cm³/mol. The van der Waals surface area contributed by atoms with Crippen LogP contribution in [0, 0.1) is 5.92 Å². The molecule has 0 aliphatic carbocycles. The predicted octanol–water partition coefficient (Wildman–Crippen LogP) is 0.278. The Labute approximate surface area is 158 Å². The first-order chi connectivity index (χ1) is 13.0. The first-order valence-corrected chi connectivity index (χ1v) is 9.18. The van der Waals surface area contributed by atoms with Gasteiger partial charge in [0, 0.05) is 6.42 Å². The molecule has 0 spiro atoms. The zero-order valence-electron chi connectivity index (χ0n) is 16.1. The summed E-state index contributed by atoms with van der Waals surface area (Å²) < 4.78 is 27.1. The second-order valence-corrected chi connectivity index (χ2v) is 6.52. The van der Waals surface area contributed by atoms with Crippen molar-refractivity contribution in [2.24, 2.45) is 5.92 Å². The summed E-state index contributed by atoms with van der Waals surface area (Å²) in [6, 6.07) is 1.41. The van der Waals surface area contributed by atoms with Gasteiger partial charge in [0.15, 0.2) is 11.5 Å². The smallest absolute Gasteiger partial charge is 0.326 e. The maximum atomic E-state index is 12.7. The quantitative estimate of drug-likeness (QED) is 0.560. The third-order valence-electron chi connectivity index (χ3n) is 4.99. The molecule has 2 atom stereocenters. The molecule has 0 fully saturated rings. The minimum absolute atomic E-state index is 0.112. The van der Waals surface area contributed by atoms with E-state index in [9.17, 15) is 9.59 Å². The van der Waals surface area contributed by atoms with Crippen LogP contribution in [0.15, 0.2) is 6.07 Å². The van der Waals surface area contributed by atoms with E-state index < -0.39 is 23.9 Å². The number of likely N-dealkylation sites (N-methyl/N-ethyl adjacent to an activating group) is 1. The molecule has 0 aromatic heterocycles. The van der Waals surface area contributed by atoms with Crippen LogP contribution in [0.4, 0.5) is 0 Å². The lowest BCUT2D eigenvalue weighted by molar-refractivity contribution is -0.916. The van der Waals surface area contributed by atoms with Crippen molar-refractivity contribution in [2.75, 3.05) is 40.7 Å². The molecular weight excluding hydrogens is 354 g/mol. The van der Waals surface area contributed by atoms with Gasteiger partial charge in [0.05, 0.1) is 39.5 Å². The van der Waals surface area contributed by atoms with Gasteiger partial charge < -0.3 is 28.6 Å². The van der Waals surface area contributed by atoms with Gasteiger partial charge in [-0.05, 0) is 25.5 Å². The Hall–Kier alpha value is -2.48. The van der Waals surface area contributed by atoms with Crippen molar-refractivity contribution < 1.29 is 38.2 Å². The molecule has 0 amide bonds. The van der Waals surface area contributed by atoms with Gasteiger partial charge in [-0.2, -0.15) is 0 Å². The van der Waals surface area contributed by atoms with Crippen LogP contribution < -0.4 is 19.1 Å². The molecule has 2 heterocycles. The maximum Gasteiger partial charge on any atom is 0.326 e. The molecular formula is C19H26NO7+. The molecule has 8 heteroatoms. The number of quaternary nitrogens is 1. The molecule has 3 rings (SSSR count). The van der Waals surface area contributed by atoms with Crippen molar-refractivity contribution in [2.45, 2.75) is 26.3 Å². The number of ether oxygens (including phenoxy) is 5. The number of carbonyl (C=O) groups excluding carboxylic acids is 2. The van der Waals surface area contributed by atoms with Gasteiger partial charge in [-0.25, -0.2) is 0 Å². The summed E-state index contributed by atoms with van der Waals surface area (Å²) in [4.78, 5) is 26.4. The summed E-state index contributed by atoms with van der Waals surface area (Å²) in [6.07, 6.45) is 0.767. The van der Waals surface area contributed by atoms with Crippen molar-refractivity contribution in [3.8, 4) is 17.2 Å². The van der Waals surface area contributed by atoms with Gasteiger partial charge in [0.1, 0.15) is 6.04 Å². The van der Waals surface area contributed by atoms with Gasteiger partial charge in [-0.1, -0.05) is 0 Å². The van der Waals surface area contributed by atoms with Crippen molar-refractivity contribution in [1.29, 1.82) is 0 Å². The first kappa shape index (κ1) is 19.3. The van der Waals surface area contributed by atoms with Gasteiger partial charge in [-0.3, -0.25) is 9.59 Å². The third-order valence-corrected chi connectivity index (χ3v) is 4.99. The summed E-state index contributed by atoms with van der Waals surface area (Å²) in [5.41, 5.74) is 1.75. The van der Waals surface area contributed by atoms with Crippen LogP contribution in [0.25, 0.3) is 0 Å². The van der Waals surface area contributed by atoms with Gasteiger partial charge in [0.25, 0.3) is 0 Å². The molecule has 0 saturated heterocycles. The summed E-state index contributed by atoms with van der Waals surface area (Å²) in [7, 11) is 3.49. The number of rotatable bonds is 6. The second-order valence-electron chi connectivity index (χ2n) is 6.52. The number of benzene rings is 1. The number of esters is 2. The minimum Gasteiger partial charge on any atom is -0.492 e. The Bertz CT molecular complexity index is 715. The number of methoxy groups -OCH3 is 1. The SMILES string of the molecule is CCOC(=O)C(C(=O)OCC)[C@@H]1c2c(cc3c(c2OC)OCO3)CC[NH+]1C. The lowest BCUT2D eigenvalue weighted by atomic mass is 9.83. The zero-order chi connectivity index (χ0) is 19.6. The van der Waals surface area contributed by atoms with E-state index in [1.165, 1.54) is 0 Å².